The number of sulfonamides is 1. The van der Waals surface area contributed by atoms with Crippen molar-refractivity contribution in [3.05, 3.63) is 78.9 Å². The molecule has 166 valence electrons. The van der Waals surface area contributed by atoms with Crippen molar-refractivity contribution in [2.45, 2.75) is 31.0 Å². The first kappa shape index (κ1) is 21.7. The number of nitrogens with one attached hydrogen (secondary N) is 1. The number of hydrogen-bond donors (Lipinski definition) is 1. The van der Waals surface area contributed by atoms with Crippen LogP contribution in [0.25, 0.3) is 0 Å². The Morgan fingerprint density at radius 2 is 1.66 bits per heavy atom. The second-order valence-electron chi connectivity index (χ2n) is 7.60. The summed E-state index contributed by atoms with van der Waals surface area (Å²) in [5, 5.41) is 2.79. The number of amides is 1. The number of ether oxygens (including phenoxy) is 2. The lowest BCUT2D eigenvalue weighted by atomic mass is 10.2. The summed E-state index contributed by atoms with van der Waals surface area (Å²) in [6.07, 6.45) is -0.973. The molecule has 0 radical (unpaired) electrons. The maximum absolute atomic E-state index is 13.3. The quantitative estimate of drug-likeness (QED) is 0.610. The van der Waals surface area contributed by atoms with Gasteiger partial charge in [-0.25, -0.2) is 8.42 Å². The molecule has 1 aliphatic heterocycles. The van der Waals surface area contributed by atoms with Gasteiger partial charge in [0, 0.05) is 5.69 Å². The average Bonchev–Trinajstić information content (AvgIpc) is 2.79. The maximum atomic E-state index is 13.3. The Morgan fingerprint density at radius 3 is 2.34 bits per heavy atom. The first-order chi connectivity index (χ1) is 15.3. The Balaban J connectivity index is 1.57. The van der Waals surface area contributed by atoms with E-state index in [0.29, 0.717) is 22.9 Å². The fourth-order valence-electron chi connectivity index (χ4n) is 3.40. The Bertz CT molecular complexity index is 1190. The molecule has 1 N–H and O–H groups in total. The molecule has 32 heavy (non-hydrogen) atoms. The number of anilines is 2. The highest BCUT2D eigenvalue weighted by atomic mass is 32.2. The van der Waals surface area contributed by atoms with E-state index in [2.05, 4.69) is 5.32 Å². The van der Waals surface area contributed by atoms with Gasteiger partial charge in [0.2, 0.25) is 0 Å². The molecule has 1 aliphatic rings. The van der Waals surface area contributed by atoms with E-state index in [4.69, 9.17) is 9.47 Å². The van der Waals surface area contributed by atoms with E-state index in [-0.39, 0.29) is 17.5 Å². The molecule has 8 heteroatoms. The van der Waals surface area contributed by atoms with Crippen molar-refractivity contribution in [2.75, 3.05) is 16.2 Å². The molecule has 0 saturated heterocycles. The molecule has 0 aliphatic carbocycles. The van der Waals surface area contributed by atoms with Gasteiger partial charge in [0.1, 0.15) is 11.5 Å². The molecule has 0 fully saturated rings. The van der Waals surface area contributed by atoms with Crippen LogP contribution in [0.2, 0.25) is 0 Å². The van der Waals surface area contributed by atoms with Crippen LogP contribution in [0.5, 0.6) is 11.5 Å². The van der Waals surface area contributed by atoms with Gasteiger partial charge in [-0.1, -0.05) is 30.3 Å². The highest BCUT2D eigenvalue weighted by Gasteiger charge is 2.37. The van der Waals surface area contributed by atoms with Gasteiger partial charge in [0.15, 0.2) is 6.10 Å². The molecule has 3 aromatic rings. The number of hydrogen-bond acceptors (Lipinski definition) is 5. The molecule has 0 spiro atoms. The summed E-state index contributed by atoms with van der Waals surface area (Å²) in [4.78, 5) is 13.1. The predicted octanol–water partition coefficient (Wildman–Crippen LogP) is 4.07. The summed E-state index contributed by atoms with van der Waals surface area (Å²) in [5.74, 6) is 0.588. The van der Waals surface area contributed by atoms with E-state index in [1.165, 1.54) is 16.4 Å². The predicted molar refractivity (Wildman–Crippen MR) is 123 cm³/mol. The average molecular weight is 453 g/mol. The number of carbonyl (C=O) groups is 1. The largest absolute Gasteiger partial charge is 0.491 e. The lowest BCUT2D eigenvalue weighted by Gasteiger charge is -2.34. The molecule has 1 heterocycles. The summed E-state index contributed by atoms with van der Waals surface area (Å²) in [7, 11) is -3.88. The molecular weight excluding hydrogens is 428 g/mol. The summed E-state index contributed by atoms with van der Waals surface area (Å²) in [6, 6.07) is 21.9. The molecule has 1 atom stereocenters. The van der Waals surface area contributed by atoms with Crippen molar-refractivity contribution < 1.29 is 22.7 Å². The van der Waals surface area contributed by atoms with Crippen LogP contribution < -0.4 is 19.1 Å². The minimum Gasteiger partial charge on any atom is -0.491 e. The minimum absolute atomic E-state index is 0.0451. The van der Waals surface area contributed by atoms with Crippen molar-refractivity contribution in [1.29, 1.82) is 0 Å². The maximum Gasteiger partial charge on any atom is 0.267 e. The molecule has 0 saturated carbocycles. The van der Waals surface area contributed by atoms with Crippen molar-refractivity contribution in [3.8, 4) is 11.5 Å². The van der Waals surface area contributed by atoms with Crippen LogP contribution in [0.3, 0.4) is 0 Å². The molecule has 1 amide bonds. The topological polar surface area (TPSA) is 84.9 Å². The number of carbonyl (C=O) groups excluding carboxylic acids is 1. The number of benzene rings is 3. The zero-order valence-electron chi connectivity index (χ0n) is 17.8. The highest BCUT2D eigenvalue weighted by molar-refractivity contribution is 7.92. The van der Waals surface area contributed by atoms with Crippen molar-refractivity contribution in [3.63, 3.8) is 0 Å². The first-order valence-electron chi connectivity index (χ1n) is 10.3. The van der Waals surface area contributed by atoms with Gasteiger partial charge >= 0.3 is 0 Å². The SMILES string of the molecule is CC(C)Oc1ccc(NC(=O)[C@@H]2CN(S(=O)(=O)c3ccccc3)c3ccccc3O2)cc1. The van der Waals surface area contributed by atoms with Crippen LogP contribution in [-0.2, 0) is 14.8 Å². The summed E-state index contributed by atoms with van der Waals surface area (Å²) in [5.41, 5.74) is 0.960. The van der Waals surface area contributed by atoms with Gasteiger partial charge < -0.3 is 14.8 Å². The van der Waals surface area contributed by atoms with Crippen LogP contribution in [0.1, 0.15) is 13.8 Å². The number of rotatable bonds is 6. The van der Waals surface area contributed by atoms with Crippen LogP contribution in [-0.4, -0.2) is 33.1 Å². The summed E-state index contributed by atoms with van der Waals surface area (Å²) < 4.78 is 39.4. The number of nitrogens with zero attached hydrogens (tertiary/aromatic N) is 1. The molecule has 3 aromatic carbocycles. The third-order valence-electron chi connectivity index (χ3n) is 4.85. The number of fused-ring (bicyclic) bond motifs is 1. The van der Waals surface area contributed by atoms with Crippen molar-refractivity contribution in [2.24, 2.45) is 0 Å². The minimum atomic E-state index is -3.88. The third kappa shape index (κ3) is 4.55. The van der Waals surface area contributed by atoms with Crippen LogP contribution >= 0.6 is 0 Å². The van der Waals surface area contributed by atoms with E-state index in [0.717, 1.165) is 0 Å². The highest BCUT2D eigenvalue weighted by Crippen LogP contribution is 2.37. The molecular formula is C24H24N2O5S. The van der Waals surface area contributed by atoms with E-state index in [9.17, 15) is 13.2 Å². The second-order valence-corrected chi connectivity index (χ2v) is 9.47. The van der Waals surface area contributed by atoms with Crippen molar-refractivity contribution >= 4 is 27.3 Å². The lowest BCUT2D eigenvalue weighted by molar-refractivity contribution is -0.122. The Hall–Kier alpha value is -3.52. The molecule has 4 rings (SSSR count). The van der Waals surface area contributed by atoms with E-state index < -0.39 is 22.0 Å². The van der Waals surface area contributed by atoms with E-state index in [1.807, 2.05) is 13.8 Å². The van der Waals surface area contributed by atoms with E-state index >= 15 is 0 Å². The molecule has 7 nitrogen and oxygen atoms in total. The van der Waals surface area contributed by atoms with Gasteiger partial charge in [-0.05, 0) is 62.4 Å². The first-order valence-corrected chi connectivity index (χ1v) is 11.7. The normalized spacial score (nSPS) is 15.6. The summed E-state index contributed by atoms with van der Waals surface area (Å²) in [6.45, 7) is 3.72. The Kier molecular flexibility index (Phi) is 6.05. The third-order valence-corrected chi connectivity index (χ3v) is 6.65. The van der Waals surface area contributed by atoms with Crippen LogP contribution in [0, 0.1) is 0 Å². The molecule has 0 bridgehead atoms. The zero-order chi connectivity index (χ0) is 22.7. The summed E-state index contributed by atoms with van der Waals surface area (Å²) >= 11 is 0. The van der Waals surface area contributed by atoms with Gasteiger partial charge in [-0.15, -0.1) is 0 Å². The van der Waals surface area contributed by atoms with Gasteiger partial charge in [-0.3, -0.25) is 9.10 Å². The van der Waals surface area contributed by atoms with Crippen LogP contribution in [0.15, 0.2) is 83.8 Å². The van der Waals surface area contributed by atoms with Gasteiger partial charge in [0.05, 0.1) is 23.2 Å². The standard InChI is InChI=1S/C24H24N2O5S/c1-17(2)30-19-14-12-18(13-15-19)25-24(27)23-16-26(21-10-6-7-11-22(21)31-23)32(28,29)20-8-4-3-5-9-20/h3-15,17,23H,16H2,1-2H3,(H,25,27)/t23-/m0/s1. The zero-order valence-corrected chi connectivity index (χ0v) is 18.6. The van der Waals surface area contributed by atoms with E-state index in [1.54, 1.807) is 66.7 Å². The fraction of sp³-hybridized carbons (Fsp3) is 0.208. The second kappa shape index (κ2) is 8.92. The van der Waals surface area contributed by atoms with Gasteiger partial charge in [-0.2, -0.15) is 0 Å². The molecule has 0 unspecified atom stereocenters. The van der Waals surface area contributed by atoms with Gasteiger partial charge in [0.25, 0.3) is 15.9 Å². The number of para-hydroxylation sites is 2. The lowest BCUT2D eigenvalue weighted by Crippen LogP contribution is -2.48. The van der Waals surface area contributed by atoms with Crippen molar-refractivity contribution in [1.82, 2.24) is 0 Å². The smallest absolute Gasteiger partial charge is 0.267 e. The Morgan fingerprint density at radius 1 is 1.00 bits per heavy atom. The Labute approximate surface area is 187 Å². The molecule has 0 aromatic heterocycles. The monoisotopic (exact) mass is 452 g/mol. The fourth-order valence-corrected chi connectivity index (χ4v) is 4.89. The van der Waals surface area contributed by atoms with Crippen LogP contribution in [0.4, 0.5) is 11.4 Å².